The summed E-state index contributed by atoms with van der Waals surface area (Å²) in [6.45, 7) is -0.881. The number of fused-ring (bicyclic) bond motifs is 1. The molecule has 0 unspecified atom stereocenters. The van der Waals surface area contributed by atoms with E-state index in [9.17, 15) is 4.39 Å². The number of benzene rings is 1. The first kappa shape index (κ1) is 12.1. The van der Waals surface area contributed by atoms with Gasteiger partial charge in [-0.05, 0) is 30.3 Å². The third-order valence-electron chi connectivity index (χ3n) is 2.25. The van der Waals surface area contributed by atoms with E-state index in [1.54, 1.807) is 24.3 Å². The van der Waals surface area contributed by atoms with E-state index in [4.69, 9.17) is 21.4 Å². The number of aromatic nitrogens is 1. The number of ether oxygens (including phenoxy) is 1. The van der Waals surface area contributed by atoms with Crippen LogP contribution < -0.4 is 4.74 Å². The van der Waals surface area contributed by atoms with Gasteiger partial charge in [0.25, 0.3) is 0 Å². The molecule has 1 heterocycles. The molecule has 0 aliphatic rings. The maximum absolute atomic E-state index is 12.0. The fourth-order valence-corrected chi connectivity index (χ4v) is 1.56. The van der Waals surface area contributed by atoms with Gasteiger partial charge in [-0.15, -0.1) is 0 Å². The molecule has 0 aliphatic heterocycles. The van der Waals surface area contributed by atoms with Crippen molar-refractivity contribution in [2.24, 2.45) is 0 Å². The normalized spacial score (nSPS) is 12.6. The Morgan fingerprint density at radius 2 is 2.18 bits per heavy atom. The van der Waals surface area contributed by atoms with Crippen molar-refractivity contribution in [1.29, 1.82) is 0 Å². The Balaban J connectivity index is 2.17. The van der Waals surface area contributed by atoms with Crippen LogP contribution in [0.25, 0.3) is 10.9 Å². The van der Waals surface area contributed by atoms with Crippen LogP contribution in [0.4, 0.5) is 4.39 Å². The highest BCUT2D eigenvalue weighted by molar-refractivity contribution is 6.29. The average molecular weight is 256 g/mol. The molecule has 0 saturated heterocycles. The molecular formula is C12H11ClFNO2. The van der Waals surface area contributed by atoms with Gasteiger partial charge >= 0.3 is 0 Å². The molecule has 17 heavy (non-hydrogen) atoms. The first-order valence-corrected chi connectivity index (χ1v) is 5.50. The lowest BCUT2D eigenvalue weighted by Crippen LogP contribution is -2.19. The highest BCUT2D eigenvalue weighted by Gasteiger charge is 2.05. The second kappa shape index (κ2) is 5.29. The molecule has 2 aromatic rings. The third-order valence-corrected chi connectivity index (χ3v) is 2.46. The lowest BCUT2D eigenvalue weighted by Gasteiger charge is -2.09. The molecule has 1 aromatic heterocycles. The fourth-order valence-electron chi connectivity index (χ4n) is 1.41. The van der Waals surface area contributed by atoms with E-state index in [1.165, 1.54) is 0 Å². The number of hydrogen-bond donors (Lipinski definition) is 1. The first-order valence-electron chi connectivity index (χ1n) is 5.12. The minimum atomic E-state index is -1.09. The van der Waals surface area contributed by atoms with Crippen molar-refractivity contribution in [3.05, 3.63) is 35.5 Å². The molecule has 0 aliphatic carbocycles. The van der Waals surface area contributed by atoms with Gasteiger partial charge in [-0.25, -0.2) is 9.37 Å². The van der Waals surface area contributed by atoms with Crippen LogP contribution in [-0.4, -0.2) is 29.5 Å². The Bertz CT molecular complexity index is 521. The molecule has 0 fully saturated rings. The van der Waals surface area contributed by atoms with Crippen molar-refractivity contribution >= 4 is 22.5 Å². The SMILES string of the molecule is O[C@H](CF)COc1ccc2nc(Cl)ccc2c1. The first-order chi connectivity index (χ1) is 8.19. The van der Waals surface area contributed by atoms with E-state index >= 15 is 0 Å². The zero-order chi connectivity index (χ0) is 12.3. The topological polar surface area (TPSA) is 42.4 Å². The molecule has 2 rings (SSSR count). The molecule has 1 atom stereocenters. The largest absolute Gasteiger partial charge is 0.491 e. The quantitative estimate of drug-likeness (QED) is 0.854. The van der Waals surface area contributed by atoms with Crippen LogP contribution in [-0.2, 0) is 0 Å². The van der Waals surface area contributed by atoms with Crippen molar-refractivity contribution < 1.29 is 14.2 Å². The van der Waals surface area contributed by atoms with E-state index in [0.717, 1.165) is 10.9 Å². The molecule has 0 saturated carbocycles. The molecule has 0 radical (unpaired) electrons. The van der Waals surface area contributed by atoms with Crippen molar-refractivity contribution in [2.75, 3.05) is 13.3 Å². The summed E-state index contributed by atoms with van der Waals surface area (Å²) in [6.07, 6.45) is -1.09. The number of hydrogen-bond acceptors (Lipinski definition) is 3. The number of aliphatic hydroxyl groups is 1. The zero-order valence-corrected chi connectivity index (χ0v) is 9.69. The maximum Gasteiger partial charge on any atom is 0.129 e. The summed E-state index contributed by atoms with van der Waals surface area (Å²) in [5, 5.41) is 10.3. The van der Waals surface area contributed by atoms with Gasteiger partial charge in [-0.2, -0.15) is 0 Å². The Labute approximate surface area is 103 Å². The van der Waals surface area contributed by atoms with Crippen LogP contribution in [0.1, 0.15) is 0 Å². The van der Waals surface area contributed by atoms with Crippen LogP contribution >= 0.6 is 11.6 Å². The van der Waals surface area contributed by atoms with E-state index in [0.29, 0.717) is 10.9 Å². The second-order valence-corrected chi connectivity index (χ2v) is 3.99. The van der Waals surface area contributed by atoms with Crippen molar-refractivity contribution in [3.8, 4) is 5.75 Å². The van der Waals surface area contributed by atoms with Crippen LogP contribution in [0.15, 0.2) is 30.3 Å². The lowest BCUT2D eigenvalue weighted by atomic mass is 10.2. The van der Waals surface area contributed by atoms with Gasteiger partial charge in [0.15, 0.2) is 0 Å². The zero-order valence-electron chi connectivity index (χ0n) is 8.94. The molecule has 1 aromatic carbocycles. The number of rotatable bonds is 4. The van der Waals surface area contributed by atoms with Crippen molar-refractivity contribution in [1.82, 2.24) is 4.98 Å². The van der Waals surface area contributed by atoms with Gasteiger partial charge in [-0.1, -0.05) is 11.6 Å². The smallest absolute Gasteiger partial charge is 0.129 e. The molecular weight excluding hydrogens is 245 g/mol. The number of alkyl halides is 1. The second-order valence-electron chi connectivity index (χ2n) is 3.61. The summed E-state index contributed by atoms with van der Waals surface area (Å²) in [5.74, 6) is 0.564. The van der Waals surface area contributed by atoms with E-state index in [2.05, 4.69) is 4.98 Å². The molecule has 0 bridgehead atoms. The van der Waals surface area contributed by atoms with Crippen molar-refractivity contribution in [2.45, 2.75) is 6.10 Å². The number of nitrogens with zero attached hydrogens (tertiary/aromatic N) is 1. The summed E-state index contributed by atoms with van der Waals surface area (Å²) in [6, 6.07) is 8.74. The van der Waals surface area contributed by atoms with Gasteiger partial charge < -0.3 is 9.84 Å². The van der Waals surface area contributed by atoms with Crippen LogP contribution in [0.3, 0.4) is 0 Å². The highest BCUT2D eigenvalue weighted by Crippen LogP contribution is 2.21. The lowest BCUT2D eigenvalue weighted by molar-refractivity contribution is 0.0842. The summed E-state index contributed by atoms with van der Waals surface area (Å²) >= 11 is 5.76. The summed E-state index contributed by atoms with van der Waals surface area (Å²) < 4.78 is 17.3. The number of halogens is 2. The summed E-state index contributed by atoms with van der Waals surface area (Å²) in [5.41, 5.74) is 0.760. The molecule has 90 valence electrons. The van der Waals surface area contributed by atoms with Gasteiger partial charge in [0.2, 0.25) is 0 Å². The number of pyridine rings is 1. The van der Waals surface area contributed by atoms with E-state index < -0.39 is 12.8 Å². The Morgan fingerprint density at radius 1 is 1.35 bits per heavy atom. The Hall–Kier alpha value is -1.39. The molecule has 0 amide bonds. The predicted molar refractivity (Wildman–Crippen MR) is 64.2 cm³/mol. The van der Waals surface area contributed by atoms with Crippen LogP contribution in [0.2, 0.25) is 5.15 Å². The molecule has 1 N–H and O–H groups in total. The van der Waals surface area contributed by atoms with Gasteiger partial charge in [-0.3, -0.25) is 0 Å². The van der Waals surface area contributed by atoms with Gasteiger partial charge in [0, 0.05) is 5.39 Å². The summed E-state index contributed by atoms with van der Waals surface area (Å²) in [7, 11) is 0. The predicted octanol–water partition coefficient (Wildman–Crippen LogP) is 2.60. The Kier molecular flexibility index (Phi) is 3.76. The minimum Gasteiger partial charge on any atom is -0.491 e. The van der Waals surface area contributed by atoms with E-state index in [-0.39, 0.29) is 6.61 Å². The van der Waals surface area contributed by atoms with Crippen LogP contribution in [0.5, 0.6) is 5.75 Å². The van der Waals surface area contributed by atoms with E-state index in [1.807, 2.05) is 6.07 Å². The van der Waals surface area contributed by atoms with Gasteiger partial charge in [0.05, 0.1) is 5.52 Å². The average Bonchev–Trinajstić information content (AvgIpc) is 2.35. The maximum atomic E-state index is 12.0. The van der Waals surface area contributed by atoms with Gasteiger partial charge in [0.1, 0.15) is 30.3 Å². The van der Waals surface area contributed by atoms with Crippen LogP contribution in [0, 0.1) is 0 Å². The standard InChI is InChI=1S/C12H11ClFNO2/c13-12-4-1-8-5-10(2-3-11(8)15-12)17-7-9(16)6-14/h1-5,9,16H,6-7H2/t9-/m1/s1. The highest BCUT2D eigenvalue weighted by atomic mass is 35.5. The fraction of sp³-hybridized carbons (Fsp3) is 0.250. The molecule has 3 nitrogen and oxygen atoms in total. The molecule has 0 spiro atoms. The Morgan fingerprint density at radius 3 is 2.94 bits per heavy atom. The monoisotopic (exact) mass is 255 g/mol. The third kappa shape index (κ3) is 3.05. The van der Waals surface area contributed by atoms with Crippen molar-refractivity contribution in [3.63, 3.8) is 0 Å². The summed E-state index contributed by atoms with van der Waals surface area (Å²) in [4.78, 5) is 4.13. The minimum absolute atomic E-state index is 0.0664. The number of aliphatic hydroxyl groups excluding tert-OH is 1. The molecule has 5 heteroatoms.